The molecule has 0 aliphatic heterocycles. The monoisotopic (exact) mass is 474 g/mol. The van der Waals surface area contributed by atoms with Crippen LogP contribution in [-0.4, -0.2) is 12.4 Å². The summed E-state index contributed by atoms with van der Waals surface area (Å²) < 4.78 is 8.16. The van der Waals surface area contributed by atoms with Crippen molar-refractivity contribution in [2.45, 2.75) is 13.8 Å². The van der Waals surface area contributed by atoms with Gasteiger partial charge in [0.05, 0.1) is 8.95 Å². The van der Waals surface area contributed by atoms with Gasteiger partial charge in [-0.05, 0) is 63.4 Å². The molecule has 21 heavy (non-hydrogen) atoms. The van der Waals surface area contributed by atoms with Gasteiger partial charge in [-0.3, -0.25) is 4.79 Å². The van der Waals surface area contributed by atoms with Gasteiger partial charge in [0.1, 0.15) is 5.75 Å². The second kappa shape index (κ2) is 7.07. The molecule has 0 heterocycles. The van der Waals surface area contributed by atoms with Gasteiger partial charge in [0.25, 0.3) is 0 Å². The fraction of sp³-hybridized carbons (Fsp3) is 0.188. The van der Waals surface area contributed by atoms with E-state index < -0.39 is 0 Å². The molecule has 2 aromatic rings. The van der Waals surface area contributed by atoms with Crippen LogP contribution in [0.3, 0.4) is 0 Å². The first-order valence-electron chi connectivity index (χ1n) is 6.26. The van der Waals surface area contributed by atoms with Crippen molar-refractivity contribution in [3.8, 4) is 5.75 Å². The molecule has 0 N–H and O–H groups in total. The lowest BCUT2D eigenvalue weighted by atomic mass is 10.0. The fourth-order valence-corrected chi connectivity index (χ4v) is 4.50. The van der Waals surface area contributed by atoms with Crippen molar-refractivity contribution in [1.82, 2.24) is 0 Å². The van der Waals surface area contributed by atoms with Gasteiger partial charge in [-0.1, -0.05) is 39.7 Å². The number of hydrogen-bond donors (Lipinski definition) is 0. The standard InChI is InChI=1S/C16H13Br3O2/c1-9-3-4-12(10(2)5-9)15(20)8-21-16-13(18)6-11(17)7-14(16)19/h3-7H,8H2,1-2H3. The van der Waals surface area contributed by atoms with Gasteiger partial charge >= 0.3 is 0 Å². The number of carbonyl (C=O) groups is 1. The van der Waals surface area contributed by atoms with Crippen LogP contribution in [0.4, 0.5) is 0 Å². The molecule has 2 aromatic carbocycles. The molecule has 0 radical (unpaired) electrons. The zero-order valence-electron chi connectivity index (χ0n) is 11.5. The quantitative estimate of drug-likeness (QED) is 0.517. The maximum absolute atomic E-state index is 12.3. The van der Waals surface area contributed by atoms with Crippen molar-refractivity contribution in [1.29, 1.82) is 0 Å². The molecular formula is C16H13Br3O2. The molecular weight excluding hydrogens is 464 g/mol. The van der Waals surface area contributed by atoms with Gasteiger partial charge in [-0.25, -0.2) is 0 Å². The lowest BCUT2D eigenvalue weighted by Gasteiger charge is -2.11. The number of ether oxygens (including phenoxy) is 1. The van der Waals surface area contributed by atoms with E-state index in [1.807, 2.05) is 44.2 Å². The summed E-state index contributed by atoms with van der Waals surface area (Å²) in [4.78, 5) is 12.3. The minimum absolute atomic E-state index is 0.00271. The molecule has 110 valence electrons. The summed E-state index contributed by atoms with van der Waals surface area (Å²) in [5.74, 6) is 0.588. The molecule has 0 saturated heterocycles. The second-order valence-electron chi connectivity index (χ2n) is 4.73. The summed E-state index contributed by atoms with van der Waals surface area (Å²) in [5, 5.41) is 0. The van der Waals surface area contributed by atoms with Crippen molar-refractivity contribution < 1.29 is 9.53 Å². The summed E-state index contributed by atoms with van der Waals surface area (Å²) >= 11 is 10.3. The number of rotatable bonds is 4. The predicted molar refractivity (Wildman–Crippen MR) is 95.3 cm³/mol. The summed E-state index contributed by atoms with van der Waals surface area (Å²) in [6.45, 7) is 3.95. The number of hydrogen-bond acceptors (Lipinski definition) is 2. The number of carbonyl (C=O) groups excluding carboxylic acids is 1. The molecule has 0 aliphatic carbocycles. The number of halogens is 3. The Hall–Kier alpha value is -0.650. The van der Waals surface area contributed by atoms with Crippen LogP contribution >= 0.6 is 47.8 Å². The molecule has 0 aliphatic rings. The van der Waals surface area contributed by atoms with E-state index >= 15 is 0 Å². The molecule has 0 aromatic heterocycles. The Labute approximate surface area is 149 Å². The third-order valence-corrected chi connectivity index (χ3v) is 4.63. The molecule has 0 bridgehead atoms. The summed E-state index contributed by atoms with van der Waals surface area (Å²) in [5.41, 5.74) is 2.81. The van der Waals surface area contributed by atoms with Crippen LogP contribution in [0.2, 0.25) is 0 Å². The normalized spacial score (nSPS) is 10.5. The molecule has 0 amide bonds. The lowest BCUT2D eigenvalue weighted by molar-refractivity contribution is 0.0920. The highest BCUT2D eigenvalue weighted by Gasteiger charge is 2.13. The highest BCUT2D eigenvalue weighted by Crippen LogP contribution is 2.36. The Balaban J connectivity index is 2.15. The summed E-state index contributed by atoms with van der Waals surface area (Å²) in [6, 6.07) is 9.54. The molecule has 0 atom stereocenters. The molecule has 2 nitrogen and oxygen atoms in total. The number of benzene rings is 2. The van der Waals surface area contributed by atoms with Crippen molar-refractivity contribution in [3.63, 3.8) is 0 Å². The third-order valence-electron chi connectivity index (χ3n) is 2.99. The Bertz CT molecular complexity index is 673. The zero-order chi connectivity index (χ0) is 15.6. The maximum Gasteiger partial charge on any atom is 0.200 e. The van der Waals surface area contributed by atoms with E-state index in [2.05, 4.69) is 47.8 Å². The van der Waals surface area contributed by atoms with Gasteiger partial charge in [0.2, 0.25) is 0 Å². The molecule has 2 rings (SSSR count). The maximum atomic E-state index is 12.3. The molecule has 0 unspecified atom stereocenters. The van der Waals surface area contributed by atoms with E-state index in [9.17, 15) is 4.79 Å². The van der Waals surface area contributed by atoms with E-state index in [0.29, 0.717) is 11.3 Å². The summed E-state index contributed by atoms with van der Waals surface area (Å²) in [7, 11) is 0. The average molecular weight is 477 g/mol. The Morgan fingerprint density at radius 3 is 2.24 bits per heavy atom. The van der Waals surface area contributed by atoms with E-state index in [0.717, 1.165) is 24.5 Å². The van der Waals surface area contributed by atoms with Crippen LogP contribution in [0, 0.1) is 13.8 Å². The first-order chi connectivity index (χ1) is 9.88. The van der Waals surface area contributed by atoms with Gasteiger partial charge in [-0.15, -0.1) is 0 Å². The van der Waals surface area contributed by atoms with Gasteiger partial charge in [0.15, 0.2) is 12.4 Å². The second-order valence-corrected chi connectivity index (χ2v) is 7.35. The first-order valence-corrected chi connectivity index (χ1v) is 8.64. The Kier molecular flexibility index (Phi) is 5.63. The topological polar surface area (TPSA) is 26.3 Å². The van der Waals surface area contributed by atoms with Crippen LogP contribution in [0.5, 0.6) is 5.75 Å². The SMILES string of the molecule is Cc1ccc(C(=O)COc2c(Br)cc(Br)cc2Br)c(C)c1. The largest absolute Gasteiger partial charge is 0.483 e. The summed E-state index contributed by atoms with van der Waals surface area (Å²) in [6.07, 6.45) is 0. The van der Waals surface area contributed by atoms with Crippen LogP contribution in [0.15, 0.2) is 43.7 Å². The smallest absolute Gasteiger partial charge is 0.200 e. The molecule has 5 heteroatoms. The van der Waals surface area contributed by atoms with E-state index in [4.69, 9.17) is 4.74 Å². The van der Waals surface area contributed by atoms with Gasteiger partial charge in [-0.2, -0.15) is 0 Å². The minimum atomic E-state index is -0.0331. The lowest BCUT2D eigenvalue weighted by Crippen LogP contribution is -2.13. The third kappa shape index (κ3) is 4.18. The number of aryl methyl sites for hydroxylation is 2. The van der Waals surface area contributed by atoms with Gasteiger partial charge in [0, 0.05) is 10.0 Å². The Morgan fingerprint density at radius 1 is 1.05 bits per heavy atom. The zero-order valence-corrected chi connectivity index (χ0v) is 16.3. The number of ketones is 1. The minimum Gasteiger partial charge on any atom is -0.483 e. The van der Waals surface area contributed by atoms with Crippen LogP contribution in [-0.2, 0) is 0 Å². The highest BCUT2D eigenvalue weighted by molar-refractivity contribution is 9.11. The predicted octanol–water partition coefficient (Wildman–Crippen LogP) is 5.85. The molecule has 0 fully saturated rings. The van der Waals surface area contributed by atoms with E-state index in [1.165, 1.54) is 0 Å². The molecule has 0 saturated carbocycles. The Morgan fingerprint density at radius 2 is 1.67 bits per heavy atom. The highest BCUT2D eigenvalue weighted by atomic mass is 79.9. The van der Waals surface area contributed by atoms with Crippen molar-refractivity contribution >= 4 is 53.6 Å². The number of Topliss-reactive ketones (excluding diaryl/α,β-unsaturated/α-hetero) is 1. The van der Waals surface area contributed by atoms with Crippen LogP contribution in [0.25, 0.3) is 0 Å². The first kappa shape index (κ1) is 16.7. The fourth-order valence-electron chi connectivity index (χ4n) is 2.01. The van der Waals surface area contributed by atoms with Crippen LogP contribution < -0.4 is 4.74 Å². The average Bonchev–Trinajstić information content (AvgIpc) is 2.36. The van der Waals surface area contributed by atoms with E-state index in [1.54, 1.807) is 0 Å². The van der Waals surface area contributed by atoms with Crippen molar-refractivity contribution in [2.24, 2.45) is 0 Å². The van der Waals surface area contributed by atoms with Crippen molar-refractivity contribution in [2.75, 3.05) is 6.61 Å². The van der Waals surface area contributed by atoms with Crippen LogP contribution in [0.1, 0.15) is 21.5 Å². The van der Waals surface area contributed by atoms with Crippen molar-refractivity contribution in [3.05, 3.63) is 60.4 Å². The molecule has 0 spiro atoms. The van der Waals surface area contributed by atoms with Gasteiger partial charge < -0.3 is 4.74 Å². The van der Waals surface area contributed by atoms with E-state index in [-0.39, 0.29) is 12.4 Å².